The van der Waals surface area contributed by atoms with Crippen LogP contribution >= 0.6 is 0 Å². The van der Waals surface area contributed by atoms with E-state index < -0.39 is 24.0 Å². The van der Waals surface area contributed by atoms with Gasteiger partial charge in [-0.1, -0.05) is 6.07 Å². The predicted octanol–water partition coefficient (Wildman–Crippen LogP) is 3.37. The van der Waals surface area contributed by atoms with Gasteiger partial charge in [0.25, 0.3) is 5.91 Å². The van der Waals surface area contributed by atoms with Crippen LogP contribution in [0.5, 0.6) is 5.75 Å². The maximum atomic E-state index is 12.6. The average Bonchev–Trinajstić information content (AvgIpc) is 2.37. The van der Waals surface area contributed by atoms with Crippen molar-refractivity contribution in [2.75, 3.05) is 5.32 Å². The van der Waals surface area contributed by atoms with E-state index in [0.717, 1.165) is 24.4 Å². The van der Waals surface area contributed by atoms with Gasteiger partial charge < -0.3 is 10.1 Å². The van der Waals surface area contributed by atoms with Gasteiger partial charge in [0, 0.05) is 18.0 Å². The number of hydrogen-bond donors (Lipinski definition) is 1. The first-order chi connectivity index (χ1) is 9.83. The second-order valence-corrected chi connectivity index (χ2v) is 3.90. The Morgan fingerprint density at radius 3 is 2.57 bits per heavy atom. The van der Waals surface area contributed by atoms with Gasteiger partial charge in [-0.25, -0.2) is 4.98 Å². The highest BCUT2D eigenvalue weighted by Crippen LogP contribution is 2.25. The number of hydrogen-bond acceptors (Lipinski definition) is 3. The van der Waals surface area contributed by atoms with Crippen LogP contribution in [0.15, 0.2) is 42.6 Å². The second-order valence-electron chi connectivity index (χ2n) is 3.90. The third-order valence-corrected chi connectivity index (χ3v) is 2.32. The molecule has 0 radical (unpaired) electrons. The molecule has 1 amide bonds. The summed E-state index contributed by atoms with van der Waals surface area (Å²) in [7, 11) is 0. The van der Waals surface area contributed by atoms with Crippen molar-refractivity contribution in [3.05, 3.63) is 54.1 Å². The second kappa shape index (κ2) is 5.78. The molecule has 0 atom stereocenters. The Kier molecular flexibility index (Phi) is 4.06. The Hall–Kier alpha value is -2.64. The Bertz CT molecular complexity index is 641. The highest BCUT2D eigenvalue weighted by Gasteiger charge is 2.31. The van der Waals surface area contributed by atoms with Gasteiger partial charge in [-0.05, 0) is 24.3 Å². The maximum absolute atomic E-state index is 12.6. The molecule has 2 rings (SSSR count). The molecule has 0 bridgehead atoms. The normalized spacial score (nSPS) is 11.0. The number of nitrogens with zero attached hydrogens (tertiary/aromatic N) is 1. The van der Waals surface area contributed by atoms with Gasteiger partial charge in [0.05, 0.1) is 5.56 Å². The summed E-state index contributed by atoms with van der Waals surface area (Å²) in [5.41, 5.74) is 0.171. The molecule has 1 heterocycles. The molecule has 0 aliphatic rings. The third kappa shape index (κ3) is 4.44. The van der Waals surface area contributed by atoms with Crippen LogP contribution < -0.4 is 10.1 Å². The van der Waals surface area contributed by atoms with Crippen LogP contribution in [0.4, 0.5) is 23.2 Å². The lowest BCUT2D eigenvalue weighted by Gasteiger charge is -2.10. The average molecular weight is 300 g/mol. The van der Waals surface area contributed by atoms with Gasteiger partial charge in [-0.15, -0.1) is 13.2 Å². The molecule has 0 fully saturated rings. The molecule has 0 aliphatic heterocycles. The number of alkyl halides is 3. The zero-order chi connectivity index (χ0) is 15.5. The summed E-state index contributed by atoms with van der Waals surface area (Å²) >= 11 is 0. The van der Waals surface area contributed by atoms with Crippen LogP contribution in [0.2, 0.25) is 0 Å². The number of carbonyl (C=O) groups excluding carboxylic acids is 1. The van der Waals surface area contributed by atoms with E-state index in [1.165, 1.54) is 18.2 Å². The van der Waals surface area contributed by atoms with E-state index in [4.69, 9.17) is 0 Å². The Morgan fingerprint density at radius 1 is 1.19 bits per heavy atom. The molecular formula is C13H8F4N2O2. The number of pyridine rings is 1. The van der Waals surface area contributed by atoms with Crippen LogP contribution in [0.3, 0.4) is 0 Å². The molecular weight excluding hydrogens is 292 g/mol. The van der Waals surface area contributed by atoms with Crippen LogP contribution in [0, 0.1) is 5.95 Å². The lowest BCUT2D eigenvalue weighted by Crippen LogP contribution is -2.17. The van der Waals surface area contributed by atoms with Crippen molar-refractivity contribution < 1.29 is 27.1 Å². The molecule has 4 nitrogen and oxygen atoms in total. The highest BCUT2D eigenvalue weighted by atomic mass is 19.4. The number of ether oxygens (including phenoxy) is 1. The van der Waals surface area contributed by atoms with Crippen molar-refractivity contribution in [2.24, 2.45) is 0 Å². The monoisotopic (exact) mass is 300 g/mol. The molecule has 21 heavy (non-hydrogen) atoms. The Morgan fingerprint density at radius 2 is 1.95 bits per heavy atom. The molecule has 8 heteroatoms. The summed E-state index contributed by atoms with van der Waals surface area (Å²) < 4.78 is 52.6. The van der Waals surface area contributed by atoms with Crippen molar-refractivity contribution in [2.45, 2.75) is 6.36 Å². The fourth-order valence-electron chi connectivity index (χ4n) is 1.48. The fourth-order valence-corrected chi connectivity index (χ4v) is 1.48. The van der Waals surface area contributed by atoms with Crippen molar-refractivity contribution >= 4 is 11.6 Å². The van der Waals surface area contributed by atoms with Crippen LogP contribution in [0.1, 0.15) is 10.4 Å². The smallest absolute Gasteiger partial charge is 0.406 e. The molecule has 0 saturated carbocycles. The van der Waals surface area contributed by atoms with E-state index in [2.05, 4.69) is 15.0 Å². The molecule has 0 aliphatic carbocycles. The Balaban J connectivity index is 2.10. The molecule has 0 unspecified atom stereocenters. The van der Waals surface area contributed by atoms with E-state index in [1.807, 2.05) is 0 Å². The van der Waals surface area contributed by atoms with Crippen molar-refractivity contribution in [3.8, 4) is 5.75 Å². The van der Waals surface area contributed by atoms with Gasteiger partial charge in [-0.3, -0.25) is 4.79 Å². The fraction of sp³-hybridized carbons (Fsp3) is 0.0769. The molecule has 110 valence electrons. The van der Waals surface area contributed by atoms with Gasteiger partial charge in [0.1, 0.15) is 5.75 Å². The maximum Gasteiger partial charge on any atom is 0.573 e. The highest BCUT2D eigenvalue weighted by molar-refractivity contribution is 6.04. The van der Waals surface area contributed by atoms with E-state index in [0.29, 0.717) is 0 Å². The van der Waals surface area contributed by atoms with Gasteiger partial charge in [0.15, 0.2) is 0 Å². The van der Waals surface area contributed by atoms with Gasteiger partial charge >= 0.3 is 6.36 Å². The van der Waals surface area contributed by atoms with Gasteiger partial charge in [0.2, 0.25) is 5.95 Å². The summed E-state index contributed by atoms with van der Waals surface area (Å²) in [6, 6.07) is 6.99. The number of amides is 1. The van der Waals surface area contributed by atoms with Crippen molar-refractivity contribution in [1.29, 1.82) is 0 Å². The first-order valence-corrected chi connectivity index (χ1v) is 5.62. The van der Waals surface area contributed by atoms with Crippen molar-refractivity contribution in [3.63, 3.8) is 0 Å². The number of carbonyl (C=O) groups is 1. The summed E-state index contributed by atoms with van der Waals surface area (Å²) in [6.07, 6.45) is -3.80. The molecule has 0 spiro atoms. The number of halogens is 4. The number of benzene rings is 1. The lowest BCUT2D eigenvalue weighted by atomic mass is 10.2. The van der Waals surface area contributed by atoms with Crippen LogP contribution in [0.25, 0.3) is 0 Å². The first kappa shape index (κ1) is 14.8. The minimum atomic E-state index is -4.82. The molecule has 1 aromatic carbocycles. The minimum absolute atomic E-state index is 0.0681. The van der Waals surface area contributed by atoms with E-state index in [-0.39, 0.29) is 11.3 Å². The predicted molar refractivity (Wildman–Crippen MR) is 65.3 cm³/mol. The standard InChI is InChI=1S/C13H8F4N2O2/c14-11-5-4-8(7-18-11)12(20)19-9-2-1-3-10(6-9)21-13(15,16)17/h1-7H,(H,19,20). The quantitative estimate of drug-likeness (QED) is 0.698. The Labute approximate surface area is 116 Å². The molecule has 1 N–H and O–H groups in total. The summed E-state index contributed by atoms with van der Waals surface area (Å²) in [5, 5.41) is 2.36. The molecule has 1 aromatic heterocycles. The molecule has 2 aromatic rings. The molecule has 0 saturated heterocycles. The summed E-state index contributed by atoms with van der Waals surface area (Å²) in [5.74, 6) is -1.84. The number of rotatable bonds is 3. The number of aromatic nitrogens is 1. The SMILES string of the molecule is O=C(Nc1cccc(OC(F)(F)F)c1)c1ccc(F)nc1. The lowest BCUT2D eigenvalue weighted by molar-refractivity contribution is -0.274. The topological polar surface area (TPSA) is 51.2 Å². The summed E-state index contributed by atoms with van der Waals surface area (Å²) in [6.45, 7) is 0. The third-order valence-electron chi connectivity index (χ3n) is 2.32. The minimum Gasteiger partial charge on any atom is -0.406 e. The van der Waals surface area contributed by atoms with Crippen LogP contribution in [-0.2, 0) is 0 Å². The van der Waals surface area contributed by atoms with Crippen LogP contribution in [-0.4, -0.2) is 17.3 Å². The zero-order valence-electron chi connectivity index (χ0n) is 10.3. The zero-order valence-corrected chi connectivity index (χ0v) is 10.3. The van der Waals surface area contributed by atoms with E-state index in [9.17, 15) is 22.4 Å². The van der Waals surface area contributed by atoms with E-state index in [1.54, 1.807) is 0 Å². The van der Waals surface area contributed by atoms with E-state index >= 15 is 0 Å². The van der Waals surface area contributed by atoms with Crippen molar-refractivity contribution in [1.82, 2.24) is 4.98 Å². The largest absolute Gasteiger partial charge is 0.573 e. The summed E-state index contributed by atoms with van der Waals surface area (Å²) in [4.78, 5) is 15.1. The first-order valence-electron chi connectivity index (χ1n) is 5.62. The number of anilines is 1. The number of nitrogens with one attached hydrogen (secondary N) is 1. The van der Waals surface area contributed by atoms with Gasteiger partial charge in [-0.2, -0.15) is 4.39 Å².